The van der Waals surface area contributed by atoms with Crippen molar-refractivity contribution in [2.45, 2.75) is 0 Å². The fraction of sp³-hybridized carbons (Fsp3) is 0. The minimum absolute atomic E-state index is 0.824. The van der Waals surface area contributed by atoms with E-state index in [0.29, 0.717) is 0 Å². The van der Waals surface area contributed by atoms with Crippen molar-refractivity contribution in [2.75, 3.05) is 0 Å². The Labute approximate surface area is 221 Å². The summed E-state index contributed by atoms with van der Waals surface area (Å²) in [7, 11) is -3.10. The van der Waals surface area contributed by atoms with Gasteiger partial charge in [0.2, 0.25) is 0 Å². The Hall–Kier alpha value is -4.52. The fourth-order valence-electron chi connectivity index (χ4n) is 5.45. The van der Waals surface area contributed by atoms with Crippen molar-refractivity contribution >= 4 is 55.6 Å². The summed E-state index contributed by atoms with van der Waals surface area (Å²) in [6.07, 6.45) is 0. The lowest BCUT2D eigenvalue weighted by atomic mass is 9.96. The van der Waals surface area contributed by atoms with Crippen LogP contribution in [0.15, 0.2) is 146 Å². The van der Waals surface area contributed by atoms with Gasteiger partial charge in [0.05, 0.1) is 11.0 Å². The number of benzene rings is 6. The lowest BCUT2D eigenvalue weighted by Crippen LogP contribution is -2.25. The summed E-state index contributed by atoms with van der Waals surface area (Å²) >= 11 is 0. The van der Waals surface area contributed by atoms with Gasteiger partial charge in [0.1, 0.15) is 0 Å². The molecule has 0 bridgehead atoms. The van der Waals surface area contributed by atoms with E-state index < -0.39 is 7.14 Å². The molecule has 0 radical (unpaired) electrons. The van der Waals surface area contributed by atoms with Gasteiger partial charge in [-0.05, 0) is 34.5 Å². The van der Waals surface area contributed by atoms with Crippen LogP contribution in [0.1, 0.15) is 0 Å². The Kier molecular flexibility index (Phi) is 5.43. The van der Waals surface area contributed by atoms with Crippen molar-refractivity contribution in [3.05, 3.63) is 146 Å². The minimum atomic E-state index is -3.10. The van der Waals surface area contributed by atoms with Crippen LogP contribution in [0.4, 0.5) is 0 Å². The van der Waals surface area contributed by atoms with E-state index in [1.165, 1.54) is 0 Å². The van der Waals surface area contributed by atoms with Gasteiger partial charge in [-0.25, -0.2) is 4.98 Å². The van der Waals surface area contributed by atoms with Gasteiger partial charge in [0, 0.05) is 32.2 Å². The molecular weight excluding hydrogens is 481 g/mol. The summed E-state index contributed by atoms with van der Waals surface area (Å²) in [5.41, 5.74) is 4.17. The number of rotatable bonds is 4. The molecule has 0 spiro atoms. The van der Waals surface area contributed by atoms with E-state index in [0.717, 1.165) is 59.6 Å². The molecule has 3 heteroatoms. The predicted octanol–water partition coefficient (Wildman–Crippen LogP) is 7.85. The van der Waals surface area contributed by atoms with Gasteiger partial charge in [-0.1, -0.05) is 127 Å². The van der Waals surface area contributed by atoms with Crippen molar-refractivity contribution in [1.82, 2.24) is 4.98 Å². The predicted molar refractivity (Wildman–Crippen MR) is 162 cm³/mol. The molecule has 1 unspecified atom stereocenters. The largest absolute Gasteiger partial charge is 0.309 e. The summed E-state index contributed by atoms with van der Waals surface area (Å²) in [5.74, 6) is 0. The molecule has 0 amide bonds. The van der Waals surface area contributed by atoms with E-state index in [-0.39, 0.29) is 0 Å². The third-order valence-corrected chi connectivity index (χ3v) is 10.4. The first kappa shape index (κ1) is 22.7. The second-order valence-corrected chi connectivity index (χ2v) is 12.3. The van der Waals surface area contributed by atoms with Crippen molar-refractivity contribution in [3.63, 3.8) is 0 Å². The zero-order chi connectivity index (χ0) is 25.5. The van der Waals surface area contributed by atoms with Crippen LogP contribution in [0, 0.1) is 0 Å². The van der Waals surface area contributed by atoms with Crippen molar-refractivity contribution < 1.29 is 4.57 Å². The summed E-state index contributed by atoms with van der Waals surface area (Å²) in [6, 6.07) is 49.1. The quantitative estimate of drug-likeness (QED) is 0.180. The van der Waals surface area contributed by atoms with Gasteiger partial charge in [0.25, 0.3) is 0 Å². The first-order valence-electron chi connectivity index (χ1n) is 12.8. The van der Waals surface area contributed by atoms with Crippen molar-refractivity contribution in [2.24, 2.45) is 0 Å². The molecule has 7 aromatic rings. The van der Waals surface area contributed by atoms with Crippen LogP contribution < -0.4 is 15.9 Å². The zero-order valence-electron chi connectivity index (χ0n) is 20.7. The molecule has 1 atom stereocenters. The first-order valence-corrected chi connectivity index (χ1v) is 14.5. The molecular formula is C35H24NOP. The van der Waals surface area contributed by atoms with E-state index in [1.807, 2.05) is 72.8 Å². The van der Waals surface area contributed by atoms with Gasteiger partial charge < -0.3 is 4.57 Å². The normalized spacial score (nSPS) is 13.1. The molecule has 2 nitrogen and oxygen atoms in total. The SMILES string of the molecule is O=P(c1ccccc1)(c1ccc(-c2c3ccccc3nc3ccccc23)cc1)c1ccc2ccccc2c1. The van der Waals surface area contributed by atoms with Gasteiger partial charge in [-0.3, -0.25) is 0 Å². The van der Waals surface area contributed by atoms with E-state index in [9.17, 15) is 0 Å². The highest BCUT2D eigenvalue weighted by atomic mass is 31.2. The van der Waals surface area contributed by atoms with E-state index >= 15 is 4.57 Å². The molecule has 1 aromatic heterocycles. The highest BCUT2D eigenvalue weighted by Crippen LogP contribution is 2.44. The molecule has 180 valence electrons. The van der Waals surface area contributed by atoms with Crippen LogP contribution in [-0.4, -0.2) is 4.98 Å². The number of hydrogen-bond donors (Lipinski definition) is 0. The summed E-state index contributed by atoms with van der Waals surface area (Å²) in [5, 5.41) is 6.96. The van der Waals surface area contributed by atoms with Crippen LogP contribution >= 0.6 is 7.14 Å². The topological polar surface area (TPSA) is 30.0 Å². The summed E-state index contributed by atoms with van der Waals surface area (Å²) in [4.78, 5) is 4.88. The number of para-hydroxylation sites is 2. The third kappa shape index (κ3) is 3.65. The van der Waals surface area contributed by atoms with Gasteiger partial charge in [-0.2, -0.15) is 0 Å². The average Bonchev–Trinajstić information content (AvgIpc) is 2.99. The van der Waals surface area contributed by atoms with Crippen molar-refractivity contribution in [3.8, 4) is 11.1 Å². The van der Waals surface area contributed by atoms with Gasteiger partial charge >= 0.3 is 0 Å². The number of hydrogen-bond acceptors (Lipinski definition) is 2. The summed E-state index contributed by atoms with van der Waals surface area (Å²) in [6.45, 7) is 0. The zero-order valence-corrected chi connectivity index (χ0v) is 21.6. The van der Waals surface area contributed by atoms with Crippen LogP contribution in [0.5, 0.6) is 0 Å². The Morgan fingerprint density at radius 1 is 0.447 bits per heavy atom. The molecule has 7 rings (SSSR count). The maximum absolute atomic E-state index is 15.1. The standard InChI is InChI=1S/C35H24NOP/c37-38(28-12-2-1-3-13-28,30-23-18-25-10-4-5-11-27(25)24-30)29-21-19-26(20-22-29)35-31-14-6-8-16-33(31)36-34-17-9-7-15-32(34)35/h1-24H. The monoisotopic (exact) mass is 505 g/mol. The molecule has 0 saturated heterocycles. The molecule has 38 heavy (non-hydrogen) atoms. The molecule has 0 saturated carbocycles. The highest BCUT2D eigenvalue weighted by molar-refractivity contribution is 7.85. The first-order chi connectivity index (χ1) is 18.7. The number of nitrogens with zero attached hydrogens (tertiary/aromatic N) is 1. The van der Waals surface area contributed by atoms with E-state index in [4.69, 9.17) is 4.98 Å². The smallest absolute Gasteiger partial charge is 0.171 e. The fourth-order valence-corrected chi connectivity index (χ4v) is 8.11. The van der Waals surface area contributed by atoms with E-state index in [2.05, 4.69) is 72.8 Å². The highest BCUT2D eigenvalue weighted by Gasteiger charge is 2.30. The third-order valence-electron chi connectivity index (χ3n) is 7.32. The van der Waals surface area contributed by atoms with Crippen LogP contribution in [0.3, 0.4) is 0 Å². The average molecular weight is 506 g/mol. The molecule has 0 aliphatic carbocycles. The van der Waals surface area contributed by atoms with E-state index in [1.54, 1.807) is 0 Å². The minimum Gasteiger partial charge on any atom is -0.309 e. The lowest BCUT2D eigenvalue weighted by molar-refractivity contribution is 0.592. The second kappa shape index (κ2) is 9.10. The number of pyridine rings is 1. The Morgan fingerprint density at radius 3 is 1.66 bits per heavy atom. The maximum Gasteiger partial charge on any atom is 0.171 e. The molecule has 0 aliphatic rings. The molecule has 1 heterocycles. The molecule has 6 aromatic carbocycles. The Morgan fingerprint density at radius 2 is 0.974 bits per heavy atom. The second-order valence-electron chi connectivity index (χ2n) is 9.54. The number of aromatic nitrogens is 1. The maximum atomic E-state index is 15.1. The van der Waals surface area contributed by atoms with Gasteiger partial charge in [0.15, 0.2) is 7.14 Å². The van der Waals surface area contributed by atoms with Crippen LogP contribution in [-0.2, 0) is 4.57 Å². The molecule has 0 fully saturated rings. The van der Waals surface area contributed by atoms with Gasteiger partial charge in [-0.15, -0.1) is 0 Å². The molecule has 0 N–H and O–H groups in total. The van der Waals surface area contributed by atoms with Crippen molar-refractivity contribution in [1.29, 1.82) is 0 Å². The lowest BCUT2D eigenvalue weighted by Gasteiger charge is -2.21. The summed E-state index contributed by atoms with van der Waals surface area (Å²) < 4.78 is 15.1. The van der Waals surface area contributed by atoms with Crippen LogP contribution in [0.25, 0.3) is 43.7 Å². The Bertz CT molecular complexity index is 1940. The van der Waals surface area contributed by atoms with Crippen LogP contribution in [0.2, 0.25) is 0 Å². The molecule has 0 aliphatic heterocycles. The Balaban J connectivity index is 1.43. The number of fused-ring (bicyclic) bond motifs is 3.